The monoisotopic (exact) mass is 138 g/mol. The fraction of sp³-hybridized carbons (Fsp3) is 0.889. The van der Waals surface area contributed by atoms with Crippen molar-refractivity contribution in [3.8, 4) is 0 Å². The quantitative estimate of drug-likeness (QED) is 0.546. The third-order valence-corrected chi connectivity index (χ3v) is 2.99. The maximum absolute atomic E-state index is 10.7. The van der Waals surface area contributed by atoms with E-state index in [2.05, 4.69) is 0 Å². The van der Waals surface area contributed by atoms with Gasteiger partial charge in [0.15, 0.2) is 0 Å². The molecule has 0 aromatic carbocycles. The van der Waals surface area contributed by atoms with Gasteiger partial charge in [-0.1, -0.05) is 19.3 Å². The molecule has 0 aromatic rings. The van der Waals surface area contributed by atoms with E-state index in [-0.39, 0.29) is 5.41 Å². The van der Waals surface area contributed by atoms with Gasteiger partial charge >= 0.3 is 0 Å². The molecule has 2 aliphatic carbocycles. The molecule has 0 amide bonds. The van der Waals surface area contributed by atoms with Crippen molar-refractivity contribution < 1.29 is 4.79 Å². The third kappa shape index (κ3) is 0.979. The van der Waals surface area contributed by atoms with E-state index in [1.165, 1.54) is 44.8 Å². The summed E-state index contributed by atoms with van der Waals surface area (Å²) in [5.41, 5.74) is 0.168. The summed E-state index contributed by atoms with van der Waals surface area (Å²) in [5.74, 6) is 0.922. The molecule has 1 heteroatoms. The smallest absolute Gasteiger partial charge is 0.126 e. The van der Waals surface area contributed by atoms with Gasteiger partial charge in [0.1, 0.15) is 6.29 Å². The number of carbonyl (C=O) groups excluding carboxylic acids is 1. The molecule has 0 aliphatic heterocycles. The van der Waals surface area contributed by atoms with Crippen LogP contribution in [0.4, 0.5) is 0 Å². The van der Waals surface area contributed by atoms with Crippen LogP contribution < -0.4 is 0 Å². The molecule has 0 N–H and O–H groups in total. The highest BCUT2D eigenvalue weighted by molar-refractivity contribution is 5.60. The van der Waals surface area contributed by atoms with Gasteiger partial charge in [-0.15, -0.1) is 0 Å². The lowest BCUT2D eigenvalue weighted by atomic mass is 9.67. The van der Waals surface area contributed by atoms with Crippen molar-refractivity contribution in [3.63, 3.8) is 0 Å². The number of rotatable bonds is 3. The van der Waals surface area contributed by atoms with E-state index in [1.807, 2.05) is 0 Å². The molecule has 2 fully saturated rings. The summed E-state index contributed by atoms with van der Waals surface area (Å²) >= 11 is 0. The fourth-order valence-electron chi connectivity index (χ4n) is 1.90. The zero-order valence-electron chi connectivity index (χ0n) is 6.31. The second-order valence-corrected chi connectivity index (χ2v) is 3.98. The Bertz CT molecular complexity index is 143. The van der Waals surface area contributed by atoms with Crippen LogP contribution in [0.1, 0.15) is 38.5 Å². The lowest BCUT2D eigenvalue weighted by molar-refractivity contribution is -0.121. The predicted molar refractivity (Wildman–Crippen MR) is 39.7 cm³/mol. The summed E-state index contributed by atoms with van der Waals surface area (Å²) < 4.78 is 0. The van der Waals surface area contributed by atoms with Crippen molar-refractivity contribution in [1.29, 1.82) is 0 Å². The second-order valence-electron chi connectivity index (χ2n) is 3.98. The Balaban J connectivity index is 1.90. The highest BCUT2D eigenvalue weighted by atomic mass is 16.1. The molecule has 2 saturated carbocycles. The van der Waals surface area contributed by atoms with Crippen molar-refractivity contribution >= 4 is 6.29 Å². The van der Waals surface area contributed by atoms with E-state index >= 15 is 0 Å². The van der Waals surface area contributed by atoms with Crippen molar-refractivity contribution in [3.05, 3.63) is 0 Å². The Morgan fingerprint density at radius 1 is 1.40 bits per heavy atom. The lowest BCUT2D eigenvalue weighted by Gasteiger charge is -2.36. The van der Waals surface area contributed by atoms with Gasteiger partial charge in [-0.3, -0.25) is 0 Å². The Kier molecular flexibility index (Phi) is 1.33. The molecule has 0 atom stereocenters. The molecular weight excluding hydrogens is 124 g/mol. The first-order valence-electron chi connectivity index (χ1n) is 4.31. The maximum atomic E-state index is 10.7. The van der Waals surface area contributed by atoms with Gasteiger partial charge in [0, 0.05) is 5.41 Å². The summed E-state index contributed by atoms with van der Waals surface area (Å²) in [6, 6.07) is 0. The molecule has 0 spiro atoms. The summed E-state index contributed by atoms with van der Waals surface area (Å²) in [6.07, 6.45) is 8.82. The fourth-order valence-corrected chi connectivity index (χ4v) is 1.90. The first kappa shape index (κ1) is 6.38. The first-order valence-corrected chi connectivity index (χ1v) is 4.31. The molecule has 2 aliphatic rings. The standard InChI is InChI=1S/C9H14O/c10-7-9(4-1-5-9)6-8-2-3-8/h7-8H,1-6H2. The zero-order chi connectivity index (χ0) is 7.03. The second kappa shape index (κ2) is 2.08. The van der Waals surface area contributed by atoms with E-state index in [0.29, 0.717) is 0 Å². The Morgan fingerprint density at radius 2 is 2.10 bits per heavy atom. The average molecular weight is 138 g/mol. The molecule has 0 bridgehead atoms. The summed E-state index contributed by atoms with van der Waals surface area (Å²) in [7, 11) is 0. The minimum absolute atomic E-state index is 0.168. The SMILES string of the molecule is O=CC1(CC2CC2)CCC1. The van der Waals surface area contributed by atoms with Crippen LogP contribution in [0.25, 0.3) is 0 Å². The van der Waals surface area contributed by atoms with Crippen LogP contribution in [-0.4, -0.2) is 6.29 Å². The van der Waals surface area contributed by atoms with Crippen LogP contribution in [0.5, 0.6) is 0 Å². The number of hydrogen-bond acceptors (Lipinski definition) is 1. The molecule has 0 heterocycles. The van der Waals surface area contributed by atoms with Crippen molar-refractivity contribution in [1.82, 2.24) is 0 Å². The molecule has 10 heavy (non-hydrogen) atoms. The minimum atomic E-state index is 0.168. The van der Waals surface area contributed by atoms with Crippen molar-refractivity contribution in [2.24, 2.45) is 11.3 Å². The molecule has 1 nitrogen and oxygen atoms in total. The number of carbonyl (C=O) groups is 1. The van der Waals surface area contributed by atoms with Gasteiger partial charge in [-0.05, 0) is 25.2 Å². The normalized spacial score (nSPS) is 29.2. The van der Waals surface area contributed by atoms with Gasteiger partial charge in [0.05, 0.1) is 0 Å². The van der Waals surface area contributed by atoms with Crippen LogP contribution in [0.15, 0.2) is 0 Å². The summed E-state index contributed by atoms with van der Waals surface area (Å²) in [6.45, 7) is 0. The van der Waals surface area contributed by atoms with Crippen molar-refractivity contribution in [2.45, 2.75) is 38.5 Å². The van der Waals surface area contributed by atoms with E-state index in [4.69, 9.17) is 0 Å². The van der Waals surface area contributed by atoms with Gasteiger partial charge in [0.25, 0.3) is 0 Å². The Labute approximate surface area is 61.8 Å². The largest absolute Gasteiger partial charge is 0.303 e. The summed E-state index contributed by atoms with van der Waals surface area (Å²) in [5, 5.41) is 0. The number of aldehydes is 1. The zero-order valence-corrected chi connectivity index (χ0v) is 6.31. The molecule has 2 rings (SSSR count). The minimum Gasteiger partial charge on any atom is -0.303 e. The maximum Gasteiger partial charge on any atom is 0.126 e. The van der Waals surface area contributed by atoms with Crippen molar-refractivity contribution in [2.75, 3.05) is 0 Å². The average Bonchev–Trinajstić information content (AvgIpc) is 2.62. The van der Waals surface area contributed by atoms with Crippen LogP contribution in [0, 0.1) is 11.3 Å². The number of hydrogen-bond donors (Lipinski definition) is 0. The van der Waals surface area contributed by atoms with Crippen LogP contribution in [0.3, 0.4) is 0 Å². The predicted octanol–water partition coefficient (Wildman–Crippen LogP) is 2.16. The van der Waals surface area contributed by atoms with Gasteiger partial charge in [-0.25, -0.2) is 0 Å². The van der Waals surface area contributed by atoms with Gasteiger partial charge < -0.3 is 4.79 Å². The highest BCUT2D eigenvalue weighted by Gasteiger charge is 2.41. The molecular formula is C9H14O. The van der Waals surface area contributed by atoms with Crippen LogP contribution in [-0.2, 0) is 4.79 Å². The molecule has 0 aromatic heterocycles. The van der Waals surface area contributed by atoms with Gasteiger partial charge in [0.2, 0.25) is 0 Å². The topological polar surface area (TPSA) is 17.1 Å². The molecule has 0 radical (unpaired) electrons. The Hall–Kier alpha value is -0.330. The summed E-state index contributed by atoms with van der Waals surface area (Å²) in [4.78, 5) is 10.7. The first-order chi connectivity index (χ1) is 4.85. The highest BCUT2D eigenvalue weighted by Crippen LogP contribution is 2.49. The molecule has 0 unspecified atom stereocenters. The lowest BCUT2D eigenvalue weighted by Crippen LogP contribution is -2.31. The van der Waals surface area contributed by atoms with E-state index < -0.39 is 0 Å². The van der Waals surface area contributed by atoms with E-state index in [0.717, 1.165) is 5.92 Å². The third-order valence-electron chi connectivity index (χ3n) is 2.99. The van der Waals surface area contributed by atoms with E-state index in [1.54, 1.807) is 0 Å². The Morgan fingerprint density at radius 3 is 2.40 bits per heavy atom. The van der Waals surface area contributed by atoms with Gasteiger partial charge in [-0.2, -0.15) is 0 Å². The van der Waals surface area contributed by atoms with E-state index in [9.17, 15) is 4.79 Å². The van der Waals surface area contributed by atoms with Crippen LogP contribution >= 0.6 is 0 Å². The molecule has 0 saturated heterocycles. The van der Waals surface area contributed by atoms with Crippen LogP contribution in [0.2, 0.25) is 0 Å². The molecule has 56 valence electrons.